The number of para-hydroxylation sites is 1. The summed E-state index contributed by atoms with van der Waals surface area (Å²) < 4.78 is 43.9. The fourth-order valence-corrected chi connectivity index (χ4v) is 5.46. The molecule has 38 heavy (non-hydrogen) atoms. The van der Waals surface area contributed by atoms with Gasteiger partial charge in [-0.05, 0) is 62.2 Å². The van der Waals surface area contributed by atoms with Gasteiger partial charge in [-0.3, -0.25) is 13.9 Å². The highest BCUT2D eigenvalue weighted by atomic mass is 79.9. The van der Waals surface area contributed by atoms with Crippen molar-refractivity contribution in [3.05, 3.63) is 94.2 Å². The number of carbonyl (C=O) groups excluding carboxylic acids is 2. The summed E-state index contributed by atoms with van der Waals surface area (Å²) in [4.78, 5) is 27.9. The molecule has 0 spiro atoms. The van der Waals surface area contributed by atoms with Gasteiger partial charge in [0, 0.05) is 17.6 Å². The minimum absolute atomic E-state index is 0.0581. The maximum atomic E-state index is 14.9. The highest BCUT2D eigenvalue weighted by molar-refractivity contribution is 9.10. The van der Waals surface area contributed by atoms with Crippen LogP contribution in [0, 0.1) is 12.7 Å². The minimum atomic E-state index is -4.32. The lowest BCUT2D eigenvalue weighted by Crippen LogP contribution is -2.51. The fourth-order valence-electron chi connectivity index (χ4n) is 3.77. The van der Waals surface area contributed by atoms with Crippen LogP contribution in [0.25, 0.3) is 0 Å². The molecule has 10 heteroatoms. The Balaban J connectivity index is 2.02. The van der Waals surface area contributed by atoms with E-state index in [1.54, 1.807) is 31.2 Å². The topological polar surface area (TPSA) is 86.8 Å². The van der Waals surface area contributed by atoms with Crippen LogP contribution in [0.3, 0.4) is 0 Å². The van der Waals surface area contributed by atoms with E-state index in [1.165, 1.54) is 35.2 Å². The molecule has 3 rings (SSSR count). The Labute approximate surface area is 231 Å². The SMILES string of the molecule is CCCNC(=O)[C@@H](C)N(Cc1ccc(Br)cc1)C(=O)CN(c1ccccc1F)S(=O)(=O)c1ccc(C)cc1. The Morgan fingerprint density at radius 2 is 1.63 bits per heavy atom. The summed E-state index contributed by atoms with van der Waals surface area (Å²) in [6.07, 6.45) is 0.717. The molecule has 0 bridgehead atoms. The maximum absolute atomic E-state index is 14.9. The third-order valence-corrected chi connectivity index (χ3v) is 8.29. The molecule has 202 valence electrons. The number of amides is 2. The predicted molar refractivity (Wildman–Crippen MR) is 150 cm³/mol. The van der Waals surface area contributed by atoms with Crippen LogP contribution in [0.2, 0.25) is 0 Å². The van der Waals surface area contributed by atoms with E-state index in [2.05, 4.69) is 21.2 Å². The number of hydrogen-bond acceptors (Lipinski definition) is 4. The Hall–Kier alpha value is -3.24. The molecule has 3 aromatic carbocycles. The van der Waals surface area contributed by atoms with Gasteiger partial charge in [0.1, 0.15) is 18.4 Å². The van der Waals surface area contributed by atoms with Crippen LogP contribution >= 0.6 is 15.9 Å². The first kappa shape index (κ1) is 29.3. The average Bonchev–Trinajstić information content (AvgIpc) is 2.90. The zero-order chi connectivity index (χ0) is 27.9. The quantitative estimate of drug-likeness (QED) is 0.333. The van der Waals surface area contributed by atoms with E-state index in [9.17, 15) is 22.4 Å². The summed E-state index contributed by atoms with van der Waals surface area (Å²) in [7, 11) is -4.32. The summed E-state index contributed by atoms with van der Waals surface area (Å²) in [6, 6.07) is 17.8. The molecule has 0 aliphatic rings. The molecule has 0 unspecified atom stereocenters. The molecule has 0 heterocycles. The van der Waals surface area contributed by atoms with Gasteiger partial charge in [-0.15, -0.1) is 0 Å². The smallest absolute Gasteiger partial charge is 0.264 e. The molecule has 0 saturated heterocycles. The number of anilines is 1. The van der Waals surface area contributed by atoms with Crippen LogP contribution in [0.5, 0.6) is 0 Å². The maximum Gasteiger partial charge on any atom is 0.264 e. The molecule has 2 amide bonds. The number of rotatable bonds is 11. The zero-order valence-corrected chi connectivity index (χ0v) is 23.9. The molecule has 1 N–H and O–H groups in total. The zero-order valence-electron chi connectivity index (χ0n) is 21.5. The molecule has 0 aliphatic carbocycles. The molecule has 0 fully saturated rings. The number of carbonyl (C=O) groups is 2. The average molecular weight is 605 g/mol. The van der Waals surface area contributed by atoms with Gasteiger partial charge >= 0.3 is 0 Å². The third-order valence-electron chi connectivity index (χ3n) is 5.99. The van der Waals surface area contributed by atoms with Crippen molar-refractivity contribution < 1.29 is 22.4 Å². The second-order valence-electron chi connectivity index (χ2n) is 8.89. The Bertz CT molecular complexity index is 1370. The van der Waals surface area contributed by atoms with Crippen molar-refractivity contribution in [3.63, 3.8) is 0 Å². The molecule has 0 aliphatic heterocycles. The summed E-state index contributed by atoms with van der Waals surface area (Å²) in [5, 5.41) is 2.79. The minimum Gasteiger partial charge on any atom is -0.354 e. The lowest BCUT2D eigenvalue weighted by atomic mass is 10.1. The first-order valence-corrected chi connectivity index (χ1v) is 14.4. The standard InChI is InChI=1S/C28H31BrFN3O4S/c1-4-17-31-28(35)21(3)32(18-22-11-13-23(29)14-12-22)27(34)19-33(26-8-6-5-7-25(26)30)38(36,37)24-15-9-20(2)10-16-24/h5-16,21H,4,17-19H2,1-3H3,(H,31,35)/t21-/m1/s1. The van der Waals surface area contributed by atoms with Crippen molar-refractivity contribution >= 4 is 43.5 Å². The number of sulfonamides is 1. The number of hydrogen-bond donors (Lipinski definition) is 1. The Morgan fingerprint density at radius 1 is 1.00 bits per heavy atom. The predicted octanol–water partition coefficient (Wildman–Crippen LogP) is 5.04. The van der Waals surface area contributed by atoms with Crippen molar-refractivity contribution in [2.24, 2.45) is 0 Å². The molecular formula is C28H31BrFN3O4S. The summed E-state index contributed by atoms with van der Waals surface area (Å²) in [5.41, 5.74) is 1.34. The molecular weight excluding hydrogens is 573 g/mol. The molecule has 7 nitrogen and oxygen atoms in total. The molecule has 3 aromatic rings. The first-order chi connectivity index (χ1) is 18.0. The highest BCUT2D eigenvalue weighted by Crippen LogP contribution is 2.27. The van der Waals surface area contributed by atoms with E-state index >= 15 is 0 Å². The third kappa shape index (κ3) is 7.20. The number of aryl methyl sites for hydroxylation is 1. The van der Waals surface area contributed by atoms with Crippen molar-refractivity contribution in [2.75, 3.05) is 17.4 Å². The number of benzene rings is 3. The monoisotopic (exact) mass is 603 g/mol. The van der Waals surface area contributed by atoms with E-state index in [1.807, 2.05) is 26.0 Å². The van der Waals surface area contributed by atoms with E-state index in [4.69, 9.17) is 0 Å². The summed E-state index contributed by atoms with van der Waals surface area (Å²) in [5.74, 6) is -1.80. The van der Waals surface area contributed by atoms with Crippen LogP contribution in [0.15, 0.2) is 82.2 Å². The van der Waals surface area contributed by atoms with Crippen molar-refractivity contribution in [2.45, 2.75) is 44.7 Å². The van der Waals surface area contributed by atoms with Crippen molar-refractivity contribution in [3.8, 4) is 0 Å². The van der Waals surface area contributed by atoms with E-state index < -0.39 is 34.3 Å². The van der Waals surface area contributed by atoms with Gasteiger partial charge < -0.3 is 10.2 Å². The Morgan fingerprint density at radius 3 is 2.24 bits per heavy atom. The van der Waals surface area contributed by atoms with E-state index in [0.29, 0.717) is 6.54 Å². The molecule has 0 saturated carbocycles. The van der Waals surface area contributed by atoms with Gasteiger partial charge in [0.15, 0.2) is 0 Å². The fraction of sp³-hybridized carbons (Fsp3) is 0.286. The van der Waals surface area contributed by atoms with Gasteiger partial charge in [0.2, 0.25) is 11.8 Å². The van der Waals surface area contributed by atoms with E-state index in [0.717, 1.165) is 32.4 Å². The lowest BCUT2D eigenvalue weighted by molar-refractivity contribution is -0.139. The van der Waals surface area contributed by atoms with Crippen LogP contribution < -0.4 is 9.62 Å². The van der Waals surface area contributed by atoms with Gasteiger partial charge in [-0.1, -0.05) is 64.8 Å². The number of nitrogens with zero attached hydrogens (tertiary/aromatic N) is 2. The molecule has 0 aromatic heterocycles. The van der Waals surface area contributed by atoms with Gasteiger partial charge in [-0.2, -0.15) is 0 Å². The van der Waals surface area contributed by atoms with E-state index in [-0.39, 0.29) is 23.0 Å². The van der Waals surface area contributed by atoms with Crippen molar-refractivity contribution in [1.29, 1.82) is 0 Å². The number of nitrogens with one attached hydrogen (secondary N) is 1. The first-order valence-electron chi connectivity index (χ1n) is 12.2. The summed E-state index contributed by atoms with van der Waals surface area (Å²) in [6.45, 7) is 5.12. The molecule has 1 atom stereocenters. The Kier molecular flexibility index (Phi) is 10.0. The largest absolute Gasteiger partial charge is 0.354 e. The molecule has 0 radical (unpaired) electrons. The highest BCUT2D eigenvalue weighted by Gasteiger charge is 2.33. The van der Waals surface area contributed by atoms with Crippen LogP contribution in [0.4, 0.5) is 10.1 Å². The van der Waals surface area contributed by atoms with Crippen molar-refractivity contribution in [1.82, 2.24) is 10.2 Å². The second kappa shape index (κ2) is 13.0. The summed E-state index contributed by atoms with van der Waals surface area (Å²) >= 11 is 3.38. The van der Waals surface area contributed by atoms with Crippen LogP contribution in [0.1, 0.15) is 31.4 Å². The second-order valence-corrected chi connectivity index (χ2v) is 11.7. The number of halogens is 2. The van der Waals surface area contributed by atoms with Gasteiger partial charge in [0.25, 0.3) is 10.0 Å². The lowest BCUT2D eigenvalue weighted by Gasteiger charge is -2.32. The van der Waals surface area contributed by atoms with Crippen LogP contribution in [-0.4, -0.2) is 44.3 Å². The van der Waals surface area contributed by atoms with Gasteiger partial charge in [-0.25, -0.2) is 12.8 Å². The van der Waals surface area contributed by atoms with Gasteiger partial charge in [0.05, 0.1) is 10.6 Å². The normalized spacial score (nSPS) is 12.0. The van der Waals surface area contributed by atoms with Crippen LogP contribution in [-0.2, 0) is 26.2 Å².